The summed E-state index contributed by atoms with van der Waals surface area (Å²) in [6, 6.07) is 71.5. The van der Waals surface area contributed by atoms with Gasteiger partial charge in [-0.2, -0.15) is 0 Å². The van der Waals surface area contributed by atoms with Crippen molar-refractivity contribution in [3.63, 3.8) is 0 Å². The van der Waals surface area contributed by atoms with Gasteiger partial charge in [-0.1, -0.05) is 188 Å². The van der Waals surface area contributed by atoms with Crippen LogP contribution in [0.1, 0.15) is 93.2 Å². The number of nitrogens with one attached hydrogen (secondary N) is 2. The molecule has 412 valence electrons. The Bertz CT molecular complexity index is 3470. The number of esters is 2. The third-order valence-electron chi connectivity index (χ3n) is 14.1. The van der Waals surface area contributed by atoms with Crippen LogP contribution in [0.5, 0.6) is 23.0 Å². The van der Waals surface area contributed by atoms with Gasteiger partial charge in [0, 0.05) is 12.1 Å². The molecule has 9 aromatic carbocycles. The van der Waals surface area contributed by atoms with E-state index in [2.05, 4.69) is 22.8 Å². The second-order valence-electron chi connectivity index (χ2n) is 20.0. The van der Waals surface area contributed by atoms with E-state index in [4.69, 9.17) is 28.4 Å². The molecule has 1 aliphatic carbocycles. The second-order valence-corrected chi connectivity index (χ2v) is 20.0. The van der Waals surface area contributed by atoms with E-state index < -0.39 is 29.9 Å². The fourth-order valence-corrected chi connectivity index (χ4v) is 9.81. The molecule has 82 heavy (non-hydrogen) atoms. The Morgan fingerprint density at radius 2 is 0.878 bits per heavy atom. The Morgan fingerprint density at radius 1 is 0.415 bits per heavy atom. The SMILES string of the molecule is O=C(N[C@@H]1C[C@@H](CNCc2ccccc2)C[C@H]1OC(=O)c1cc(OCc2ccccc2)c(C(=O)c2c(OCc3ccccc3)cccc2C(=O)OCc2ccccc2)c(OCc2ccccc2)c1)c1ccc(OCc2ccccc2)cc1. The van der Waals surface area contributed by atoms with Crippen LogP contribution in [0.3, 0.4) is 0 Å². The molecule has 0 radical (unpaired) electrons. The summed E-state index contributed by atoms with van der Waals surface area (Å²) in [5, 5.41) is 6.75. The molecule has 10 rings (SSSR count). The fourth-order valence-electron chi connectivity index (χ4n) is 9.81. The minimum atomic E-state index is -0.757. The molecular formula is C70H62N2O10. The molecule has 1 fully saturated rings. The van der Waals surface area contributed by atoms with Gasteiger partial charge >= 0.3 is 11.9 Å². The molecule has 0 saturated heterocycles. The molecule has 1 saturated carbocycles. The molecule has 0 spiro atoms. The molecule has 0 aliphatic heterocycles. The summed E-state index contributed by atoms with van der Waals surface area (Å²) in [7, 11) is 0. The van der Waals surface area contributed by atoms with Gasteiger partial charge in [0.05, 0.1) is 22.7 Å². The molecular weight excluding hydrogens is 1030 g/mol. The predicted octanol–water partition coefficient (Wildman–Crippen LogP) is 13.1. The number of ketones is 1. The molecule has 1 aliphatic rings. The summed E-state index contributed by atoms with van der Waals surface area (Å²) in [5.41, 5.74) is 5.54. The maximum absolute atomic E-state index is 15.9. The van der Waals surface area contributed by atoms with Crippen molar-refractivity contribution in [1.82, 2.24) is 10.6 Å². The average molecular weight is 1090 g/mol. The van der Waals surface area contributed by atoms with Crippen LogP contribution in [-0.4, -0.2) is 42.3 Å². The lowest BCUT2D eigenvalue weighted by molar-refractivity contribution is 0.0242. The van der Waals surface area contributed by atoms with Gasteiger partial charge < -0.3 is 39.1 Å². The van der Waals surface area contributed by atoms with Crippen LogP contribution in [0.2, 0.25) is 0 Å². The number of carbonyl (C=O) groups excluding carboxylic acids is 4. The first-order chi connectivity index (χ1) is 40.3. The maximum atomic E-state index is 15.9. The lowest BCUT2D eigenvalue weighted by Gasteiger charge is -2.23. The number of amides is 1. The summed E-state index contributed by atoms with van der Waals surface area (Å²) in [5.74, 6) is -1.76. The van der Waals surface area contributed by atoms with Crippen molar-refractivity contribution in [3.8, 4) is 23.0 Å². The highest BCUT2D eigenvalue weighted by molar-refractivity contribution is 6.19. The van der Waals surface area contributed by atoms with Crippen LogP contribution in [0.4, 0.5) is 0 Å². The van der Waals surface area contributed by atoms with Crippen molar-refractivity contribution in [2.75, 3.05) is 6.54 Å². The zero-order valence-electron chi connectivity index (χ0n) is 45.2. The normalized spacial score (nSPS) is 14.5. The Balaban J connectivity index is 0.987. The van der Waals surface area contributed by atoms with E-state index in [1.54, 1.807) is 36.4 Å². The quantitative estimate of drug-likeness (QED) is 0.0416. The highest BCUT2D eigenvalue weighted by atomic mass is 16.5. The highest BCUT2D eigenvalue weighted by Crippen LogP contribution is 2.39. The largest absolute Gasteiger partial charge is 0.489 e. The number of benzene rings is 9. The minimum absolute atomic E-state index is 0.00953. The summed E-state index contributed by atoms with van der Waals surface area (Å²) in [4.78, 5) is 59.2. The lowest BCUT2D eigenvalue weighted by atomic mass is 9.94. The molecule has 2 N–H and O–H groups in total. The molecule has 1 amide bonds. The summed E-state index contributed by atoms with van der Waals surface area (Å²) >= 11 is 0. The van der Waals surface area contributed by atoms with Crippen LogP contribution >= 0.6 is 0 Å². The highest BCUT2D eigenvalue weighted by Gasteiger charge is 2.39. The Kier molecular flexibility index (Phi) is 18.9. The first kappa shape index (κ1) is 55.5. The van der Waals surface area contributed by atoms with Gasteiger partial charge in [-0.05, 0) is 107 Å². The van der Waals surface area contributed by atoms with Crippen molar-refractivity contribution in [3.05, 3.63) is 298 Å². The van der Waals surface area contributed by atoms with E-state index >= 15 is 4.79 Å². The van der Waals surface area contributed by atoms with Crippen molar-refractivity contribution in [1.29, 1.82) is 0 Å². The summed E-state index contributed by atoms with van der Waals surface area (Å²) < 4.78 is 38.0. The van der Waals surface area contributed by atoms with E-state index in [0.717, 1.165) is 33.4 Å². The van der Waals surface area contributed by atoms with Gasteiger partial charge in [0.1, 0.15) is 67.7 Å². The van der Waals surface area contributed by atoms with Crippen molar-refractivity contribution in [2.45, 2.75) is 64.6 Å². The van der Waals surface area contributed by atoms with Crippen molar-refractivity contribution in [2.24, 2.45) is 5.92 Å². The average Bonchev–Trinajstić information content (AvgIpc) is 3.62. The molecule has 12 heteroatoms. The topological polar surface area (TPSA) is 148 Å². The molecule has 12 nitrogen and oxygen atoms in total. The first-order valence-corrected chi connectivity index (χ1v) is 27.4. The van der Waals surface area contributed by atoms with Crippen LogP contribution in [-0.2, 0) is 49.1 Å². The lowest BCUT2D eigenvalue weighted by Crippen LogP contribution is -2.42. The molecule has 3 atom stereocenters. The molecule has 0 aromatic heterocycles. The Labute approximate surface area is 477 Å². The van der Waals surface area contributed by atoms with Crippen LogP contribution in [0.15, 0.2) is 237 Å². The molecule has 0 heterocycles. The van der Waals surface area contributed by atoms with E-state index in [-0.39, 0.29) is 77.8 Å². The zero-order chi connectivity index (χ0) is 56.3. The van der Waals surface area contributed by atoms with Gasteiger partial charge in [0.2, 0.25) is 5.78 Å². The summed E-state index contributed by atoms with van der Waals surface area (Å²) in [6.45, 7) is 1.63. The smallest absolute Gasteiger partial charge is 0.339 e. The van der Waals surface area contributed by atoms with Crippen molar-refractivity contribution < 1.29 is 47.6 Å². The van der Waals surface area contributed by atoms with Gasteiger partial charge in [0.15, 0.2) is 0 Å². The van der Waals surface area contributed by atoms with Crippen molar-refractivity contribution >= 4 is 23.6 Å². The van der Waals surface area contributed by atoms with E-state index in [1.807, 2.05) is 170 Å². The summed E-state index contributed by atoms with van der Waals surface area (Å²) in [6.07, 6.45) is 0.213. The third-order valence-corrected chi connectivity index (χ3v) is 14.1. The molecule has 0 unspecified atom stereocenters. The standard InChI is InChI=1S/C70H62N2O10/c73-67(65-59(70(76)81-48-54-30-17-6-18-31-54)32-19-33-61(65)78-45-51-24-11-3-12-25-51)66-63(79-46-52-26-13-4-14-27-52)40-57(41-64(66)80-47-53-28-15-5-16-29-53)69(75)82-62-39-55(43-71-42-49-20-7-1-8-21-49)38-60(62)72-68(74)56-34-36-58(37-35-56)77-44-50-22-9-2-10-23-50/h1-37,40-41,55,60,62,71H,38-39,42-48H2,(H,72,74)/t55-,60-,62-/m1/s1. The Morgan fingerprint density at radius 3 is 1.39 bits per heavy atom. The molecule has 9 aromatic rings. The van der Waals surface area contributed by atoms with Gasteiger partial charge in [-0.15, -0.1) is 0 Å². The monoisotopic (exact) mass is 1090 g/mol. The third kappa shape index (κ3) is 15.1. The molecule has 0 bridgehead atoms. The zero-order valence-corrected chi connectivity index (χ0v) is 45.2. The van der Waals surface area contributed by atoms with E-state index in [1.165, 1.54) is 18.2 Å². The van der Waals surface area contributed by atoms with E-state index in [9.17, 15) is 14.4 Å². The van der Waals surface area contributed by atoms with Crippen LogP contribution in [0, 0.1) is 5.92 Å². The second kappa shape index (κ2) is 27.9. The number of rotatable bonds is 25. The first-order valence-electron chi connectivity index (χ1n) is 27.4. The van der Waals surface area contributed by atoms with Gasteiger partial charge in [-0.25, -0.2) is 9.59 Å². The number of ether oxygens (including phenoxy) is 6. The number of hydrogen-bond acceptors (Lipinski definition) is 11. The minimum Gasteiger partial charge on any atom is -0.489 e. The van der Waals surface area contributed by atoms with Crippen LogP contribution < -0.4 is 29.6 Å². The number of hydrogen-bond donors (Lipinski definition) is 2. The van der Waals surface area contributed by atoms with Crippen LogP contribution in [0.25, 0.3) is 0 Å². The van der Waals surface area contributed by atoms with Gasteiger partial charge in [-0.3, -0.25) is 9.59 Å². The predicted molar refractivity (Wildman–Crippen MR) is 313 cm³/mol. The number of carbonyl (C=O) groups is 4. The fraction of sp³-hybridized carbons (Fsp3) is 0.171. The van der Waals surface area contributed by atoms with E-state index in [0.29, 0.717) is 43.9 Å². The Hall–Kier alpha value is -9.78. The van der Waals surface area contributed by atoms with Gasteiger partial charge in [0.25, 0.3) is 5.91 Å². The maximum Gasteiger partial charge on any atom is 0.339 e.